The Hall–Kier alpha value is -2.20. The molecule has 0 aliphatic carbocycles. The van der Waals surface area contributed by atoms with Crippen LogP contribution in [0.2, 0.25) is 0 Å². The van der Waals surface area contributed by atoms with Crippen LogP contribution in [0, 0.1) is 0 Å². The van der Waals surface area contributed by atoms with Crippen LogP contribution in [-0.2, 0) is 0 Å². The summed E-state index contributed by atoms with van der Waals surface area (Å²) in [5, 5.41) is 10.5. The Morgan fingerprint density at radius 3 is 1.95 bits per heavy atom. The van der Waals surface area contributed by atoms with Crippen molar-refractivity contribution in [1.29, 1.82) is 0 Å². The summed E-state index contributed by atoms with van der Waals surface area (Å²) in [6.07, 6.45) is -0.827. The fraction of sp³-hybridized carbons (Fsp3) is 0.200. The number of aliphatic hydroxyl groups excluding tert-OH is 1. The Kier molecular flexibility index (Phi) is 3.92. The molecule has 19 heavy (non-hydrogen) atoms. The van der Waals surface area contributed by atoms with Crippen LogP contribution in [0.4, 0.5) is 5.69 Å². The van der Waals surface area contributed by atoms with Gasteiger partial charge in [-0.2, -0.15) is 0 Å². The first-order valence-corrected chi connectivity index (χ1v) is 5.91. The second kappa shape index (κ2) is 5.63. The molecular formula is C15H17NO3. The molecule has 0 aliphatic heterocycles. The monoisotopic (exact) mass is 259 g/mol. The number of hydrogen-bond donors (Lipinski definition) is 2. The molecule has 100 valence electrons. The highest BCUT2D eigenvalue weighted by Crippen LogP contribution is 2.37. The molecule has 0 saturated heterocycles. The third-order valence-corrected chi connectivity index (χ3v) is 2.99. The number of anilines is 1. The maximum absolute atomic E-state index is 10.5. The number of aliphatic hydroxyl groups is 1. The van der Waals surface area contributed by atoms with Gasteiger partial charge in [0, 0.05) is 5.69 Å². The van der Waals surface area contributed by atoms with E-state index in [1.165, 1.54) is 0 Å². The Labute approximate surface area is 112 Å². The summed E-state index contributed by atoms with van der Waals surface area (Å²) in [6.45, 7) is 0. The SMILES string of the molecule is COc1cccc(OC)c1C(O)c1ccc(N)cc1. The van der Waals surface area contributed by atoms with Crippen LogP contribution < -0.4 is 15.2 Å². The topological polar surface area (TPSA) is 64.7 Å². The summed E-state index contributed by atoms with van der Waals surface area (Å²) >= 11 is 0. The van der Waals surface area contributed by atoms with E-state index >= 15 is 0 Å². The Morgan fingerprint density at radius 1 is 0.947 bits per heavy atom. The van der Waals surface area contributed by atoms with Crippen LogP contribution >= 0.6 is 0 Å². The van der Waals surface area contributed by atoms with Gasteiger partial charge in [0.1, 0.15) is 17.6 Å². The van der Waals surface area contributed by atoms with Gasteiger partial charge in [0.2, 0.25) is 0 Å². The van der Waals surface area contributed by atoms with E-state index in [-0.39, 0.29) is 0 Å². The molecule has 0 bridgehead atoms. The maximum atomic E-state index is 10.5. The number of hydrogen-bond acceptors (Lipinski definition) is 4. The van der Waals surface area contributed by atoms with Crippen LogP contribution in [0.1, 0.15) is 17.2 Å². The van der Waals surface area contributed by atoms with Gasteiger partial charge >= 0.3 is 0 Å². The number of benzene rings is 2. The quantitative estimate of drug-likeness (QED) is 0.827. The van der Waals surface area contributed by atoms with Gasteiger partial charge in [-0.25, -0.2) is 0 Å². The van der Waals surface area contributed by atoms with Crippen molar-refractivity contribution >= 4 is 5.69 Å². The van der Waals surface area contributed by atoms with Crippen molar-refractivity contribution in [3.05, 3.63) is 53.6 Å². The lowest BCUT2D eigenvalue weighted by Crippen LogP contribution is -2.05. The molecule has 0 aliphatic rings. The predicted octanol–water partition coefficient (Wildman–Crippen LogP) is 2.37. The molecule has 0 heterocycles. The highest BCUT2D eigenvalue weighted by Gasteiger charge is 2.20. The minimum absolute atomic E-state index is 0.587. The first-order chi connectivity index (χ1) is 9.17. The average Bonchev–Trinajstić information content (AvgIpc) is 2.46. The van der Waals surface area contributed by atoms with E-state index in [9.17, 15) is 5.11 Å². The van der Waals surface area contributed by atoms with Gasteiger partial charge in [-0.05, 0) is 29.8 Å². The summed E-state index contributed by atoms with van der Waals surface area (Å²) < 4.78 is 10.6. The zero-order valence-corrected chi connectivity index (χ0v) is 11.0. The van der Waals surface area contributed by atoms with Crippen LogP contribution in [0.25, 0.3) is 0 Å². The Morgan fingerprint density at radius 2 is 1.47 bits per heavy atom. The molecule has 0 radical (unpaired) electrons. The lowest BCUT2D eigenvalue weighted by atomic mass is 9.99. The van der Waals surface area contributed by atoms with Gasteiger partial charge < -0.3 is 20.3 Å². The molecule has 2 aromatic carbocycles. The van der Waals surface area contributed by atoms with Crippen LogP contribution in [0.3, 0.4) is 0 Å². The number of nitrogen functional groups attached to an aromatic ring is 1. The van der Waals surface area contributed by atoms with Crippen molar-refractivity contribution in [1.82, 2.24) is 0 Å². The predicted molar refractivity (Wildman–Crippen MR) is 74.5 cm³/mol. The van der Waals surface area contributed by atoms with Gasteiger partial charge in [0.25, 0.3) is 0 Å². The number of methoxy groups -OCH3 is 2. The molecule has 1 unspecified atom stereocenters. The summed E-state index contributed by atoms with van der Waals surface area (Å²) in [5.74, 6) is 1.17. The average molecular weight is 259 g/mol. The maximum Gasteiger partial charge on any atom is 0.128 e. The molecular weight excluding hydrogens is 242 g/mol. The van der Waals surface area contributed by atoms with Gasteiger partial charge in [0.15, 0.2) is 0 Å². The number of ether oxygens (including phenoxy) is 2. The Bertz CT molecular complexity index is 530. The third kappa shape index (κ3) is 2.63. The molecule has 2 aromatic rings. The van der Waals surface area contributed by atoms with E-state index in [0.717, 1.165) is 5.56 Å². The fourth-order valence-corrected chi connectivity index (χ4v) is 1.99. The van der Waals surface area contributed by atoms with Crippen molar-refractivity contribution in [3.63, 3.8) is 0 Å². The third-order valence-electron chi connectivity index (χ3n) is 2.99. The zero-order chi connectivity index (χ0) is 13.8. The number of rotatable bonds is 4. The molecule has 1 atom stereocenters. The molecule has 0 spiro atoms. The highest BCUT2D eigenvalue weighted by molar-refractivity contribution is 5.50. The minimum Gasteiger partial charge on any atom is -0.496 e. The van der Waals surface area contributed by atoms with Crippen LogP contribution in [-0.4, -0.2) is 19.3 Å². The smallest absolute Gasteiger partial charge is 0.128 e. The van der Waals surface area contributed by atoms with E-state index in [1.807, 2.05) is 6.07 Å². The van der Waals surface area contributed by atoms with E-state index in [0.29, 0.717) is 22.7 Å². The molecule has 3 N–H and O–H groups in total. The Balaban J connectivity index is 2.47. The normalized spacial score (nSPS) is 11.9. The van der Waals surface area contributed by atoms with Gasteiger partial charge in [0.05, 0.1) is 19.8 Å². The molecule has 4 heteroatoms. The van der Waals surface area contributed by atoms with E-state index in [2.05, 4.69) is 0 Å². The van der Waals surface area contributed by atoms with Crippen molar-refractivity contribution in [2.75, 3.05) is 20.0 Å². The standard InChI is InChI=1S/C15H17NO3/c1-18-12-4-3-5-13(19-2)14(12)15(17)10-6-8-11(16)9-7-10/h3-9,15,17H,16H2,1-2H3. The van der Waals surface area contributed by atoms with Gasteiger partial charge in [-0.1, -0.05) is 18.2 Å². The lowest BCUT2D eigenvalue weighted by Gasteiger charge is -2.18. The van der Waals surface area contributed by atoms with Crippen LogP contribution in [0.5, 0.6) is 11.5 Å². The zero-order valence-electron chi connectivity index (χ0n) is 11.0. The lowest BCUT2D eigenvalue weighted by molar-refractivity contribution is 0.209. The largest absolute Gasteiger partial charge is 0.496 e. The first-order valence-electron chi connectivity index (χ1n) is 5.91. The molecule has 0 saturated carbocycles. The molecule has 2 rings (SSSR count). The summed E-state index contributed by atoms with van der Waals surface area (Å²) in [6, 6.07) is 12.5. The van der Waals surface area contributed by atoms with Crippen molar-refractivity contribution in [3.8, 4) is 11.5 Å². The fourth-order valence-electron chi connectivity index (χ4n) is 1.99. The molecule has 0 fully saturated rings. The minimum atomic E-state index is -0.827. The highest BCUT2D eigenvalue weighted by atomic mass is 16.5. The summed E-state index contributed by atoms with van der Waals surface area (Å²) in [5.41, 5.74) is 7.64. The van der Waals surface area contributed by atoms with E-state index in [1.54, 1.807) is 50.6 Å². The summed E-state index contributed by atoms with van der Waals surface area (Å²) in [7, 11) is 3.13. The van der Waals surface area contributed by atoms with E-state index < -0.39 is 6.10 Å². The van der Waals surface area contributed by atoms with Crippen molar-refractivity contribution < 1.29 is 14.6 Å². The van der Waals surface area contributed by atoms with Crippen LogP contribution in [0.15, 0.2) is 42.5 Å². The summed E-state index contributed by atoms with van der Waals surface area (Å²) in [4.78, 5) is 0. The van der Waals surface area contributed by atoms with E-state index in [4.69, 9.17) is 15.2 Å². The second-order valence-electron chi connectivity index (χ2n) is 4.15. The van der Waals surface area contributed by atoms with Crippen molar-refractivity contribution in [2.45, 2.75) is 6.10 Å². The van der Waals surface area contributed by atoms with Gasteiger partial charge in [-0.15, -0.1) is 0 Å². The van der Waals surface area contributed by atoms with Crippen molar-refractivity contribution in [2.24, 2.45) is 0 Å². The number of nitrogens with two attached hydrogens (primary N) is 1. The second-order valence-corrected chi connectivity index (χ2v) is 4.15. The molecule has 0 aromatic heterocycles. The first kappa shape index (κ1) is 13.2. The molecule has 0 amide bonds. The van der Waals surface area contributed by atoms with Gasteiger partial charge in [-0.3, -0.25) is 0 Å². The molecule has 4 nitrogen and oxygen atoms in total.